The largest absolute Gasteiger partial charge is 0.508 e. The average Bonchev–Trinajstić information content (AvgIpc) is 3.49. The van der Waals surface area contributed by atoms with Gasteiger partial charge < -0.3 is 10.0 Å². The van der Waals surface area contributed by atoms with E-state index < -0.39 is 0 Å². The summed E-state index contributed by atoms with van der Waals surface area (Å²) >= 11 is 1.64. The number of hydrogen-bond donors (Lipinski definition) is 1. The van der Waals surface area contributed by atoms with Crippen LogP contribution in [0.3, 0.4) is 0 Å². The second-order valence-corrected chi connectivity index (χ2v) is 13.0. The Labute approximate surface area is 212 Å². The van der Waals surface area contributed by atoms with E-state index in [9.17, 15) is 9.90 Å². The Kier molecular flexibility index (Phi) is 5.27. The van der Waals surface area contributed by atoms with E-state index in [0.29, 0.717) is 12.2 Å². The molecule has 1 N–H and O–H groups in total. The molecule has 8 rings (SSSR count). The number of rotatable bonds is 4. The van der Waals surface area contributed by atoms with Crippen LogP contribution in [0.15, 0.2) is 47.5 Å². The van der Waals surface area contributed by atoms with E-state index in [4.69, 9.17) is 0 Å². The highest BCUT2D eigenvalue weighted by atomic mass is 32.2. The number of carbonyl (C=O) groups excluding carboxylic acids is 1. The molecule has 2 heterocycles. The molecule has 1 unspecified atom stereocenters. The molecular formula is C30H34N2O2S. The molecule has 0 radical (unpaired) electrons. The van der Waals surface area contributed by atoms with Crippen LogP contribution < -0.4 is 0 Å². The Balaban J connectivity index is 1.13. The highest BCUT2D eigenvalue weighted by molar-refractivity contribution is 8.15. The molecule has 4 aliphatic carbocycles. The molecule has 2 aliphatic heterocycles. The molecule has 2 aromatic carbocycles. The van der Waals surface area contributed by atoms with Gasteiger partial charge in [-0.05, 0) is 110 Å². The number of likely N-dealkylation sites (tertiary alicyclic amines) is 1. The van der Waals surface area contributed by atoms with Crippen molar-refractivity contribution in [3.8, 4) is 16.9 Å². The highest BCUT2D eigenvalue weighted by Crippen LogP contribution is 2.62. The molecule has 1 atom stereocenters. The average molecular weight is 487 g/mol. The van der Waals surface area contributed by atoms with Gasteiger partial charge in [0.2, 0.25) is 0 Å². The first-order valence-corrected chi connectivity index (χ1v) is 14.4. The number of carbonyl (C=O) groups is 1. The van der Waals surface area contributed by atoms with Crippen molar-refractivity contribution in [1.29, 1.82) is 0 Å². The van der Waals surface area contributed by atoms with Gasteiger partial charge in [-0.15, -0.1) is 0 Å². The lowest BCUT2D eigenvalue weighted by Crippen LogP contribution is -2.48. The number of benzene rings is 2. The van der Waals surface area contributed by atoms with E-state index in [2.05, 4.69) is 46.3 Å². The molecule has 35 heavy (non-hydrogen) atoms. The minimum absolute atomic E-state index is 0.0102. The number of aromatic hydroxyl groups is 1. The molecule has 6 aliphatic rings. The van der Waals surface area contributed by atoms with Crippen molar-refractivity contribution >= 4 is 22.8 Å². The summed E-state index contributed by atoms with van der Waals surface area (Å²) < 4.78 is 0. The lowest BCUT2D eigenvalue weighted by atomic mass is 9.48. The van der Waals surface area contributed by atoms with Crippen LogP contribution in [-0.2, 0) is 16.6 Å². The van der Waals surface area contributed by atoms with Crippen molar-refractivity contribution in [3.05, 3.63) is 53.6 Å². The van der Waals surface area contributed by atoms with Crippen LogP contribution >= 0.6 is 11.8 Å². The summed E-state index contributed by atoms with van der Waals surface area (Å²) in [6.45, 7) is 2.04. The quantitative estimate of drug-likeness (QED) is 0.562. The van der Waals surface area contributed by atoms with Gasteiger partial charge in [-0.1, -0.05) is 42.1 Å². The van der Waals surface area contributed by atoms with Crippen molar-refractivity contribution < 1.29 is 9.90 Å². The van der Waals surface area contributed by atoms with E-state index in [1.165, 1.54) is 73.6 Å². The van der Waals surface area contributed by atoms with E-state index in [0.717, 1.165) is 36.0 Å². The van der Waals surface area contributed by atoms with Crippen LogP contribution in [0, 0.1) is 17.8 Å². The summed E-state index contributed by atoms with van der Waals surface area (Å²) in [6.07, 6.45) is 11.0. The monoisotopic (exact) mass is 486 g/mol. The standard InChI is InChI=1S/C30H34N2O2S/c33-26-7-6-24(15-25(26)30-16-20-10-21(17-30)12-22(11-20)18-30)23-5-3-4-19(13-23)14-27-28(34)31-29(35-27)32-8-1-2-9-32/h3-7,13,15,20-22,27,33H,1-2,8-12,14,16-18H2. The topological polar surface area (TPSA) is 52.9 Å². The molecule has 1 amide bonds. The lowest BCUT2D eigenvalue weighted by Gasteiger charge is -2.57. The zero-order chi connectivity index (χ0) is 23.6. The SMILES string of the molecule is O=C1N=C(N2CCCC2)SC1Cc1cccc(-c2ccc(O)c(C34CC5CC(CC(C5)C3)C4)c2)c1. The van der Waals surface area contributed by atoms with Gasteiger partial charge in [0.15, 0.2) is 5.17 Å². The van der Waals surface area contributed by atoms with Crippen LogP contribution in [-0.4, -0.2) is 39.4 Å². The van der Waals surface area contributed by atoms with Gasteiger partial charge >= 0.3 is 0 Å². The molecule has 2 aromatic rings. The van der Waals surface area contributed by atoms with Crippen molar-refractivity contribution in [2.45, 2.75) is 68.5 Å². The van der Waals surface area contributed by atoms with Crippen LogP contribution in [0.25, 0.3) is 11.1 Å². The van der Waals surface area contributed by atoms with Crippen LogP contribution in [0.5, 0.6) is 5.75 Å². The normalized spacial score (nSPS) is 33.5. The summed E-state index contributed by atoms with van der Waals surface area (Å²) in [5.41, 5.74) is 4.88. The summed E-state index contributed by atoms with van der Waals surface area (Å²) in [5.74, 6) is 3.03. The van der Waals surface area contributed by atoms with Crippen molar-refractivity contribution in [1.82, 2.24) is 4.90 Å². The Bertz CT molecular complexity index is 1160. The summed E-state index contributed by atoms with van der Waals surface area (Å²) in [7, 11) is 0. The Hall–Kier alpha value is -2.27. The predicted octanol–water partition coefficient (Wildman–Crippen LogP) is 6.16. The van der Waals surface area contributed by atoms with Gasteiger partial charge in [0.05, 0.1) is 5.25 Å². The summed E-state index contributed by atoms with van der Waals surface area (Å²) in [5, 5.41) is 11.8. The molecule has 1 saturated heterocycles. The zero-order valence-corrected chi connectivity index (χ0v) is 21.1. The smallest absolute Gasteiger partial charge is 0.262 e. The molecule has 0 aromatic heterocycles. The number of phenols is 1. The van der Waals surface area contributed by atoms with E-state index >= 15 is 0 Å². The first-order valence-electron chi connectivity index (χ1n) is 13.5. The fourth-order valence-electron chi connectivity index (χ4n) is 8.23. The molecule has 5 heteroatoms. The number of amides is 1. The fourth-order valence-corrected chi connectivity index (χ4v) is 9.38. The first-order chi connectivity index (χ1) is 17.0. The lowest BCUT2D eigenvalue weighted by molar-refractivity contribution is -0.117. The van der Waals surface area contributed by atoms with E-state index in [1.807, 2.05) is 6.07 Å². The summed E-state index contributed by atoms with van der Waals surface area (Å²) in [4.78, 5) is 19.3. The second kappa shape index (κ2) is 8.40. The van der Waals surface area contributed by atoms with E-state index in [1.54, 1.807) is 11.8 Å². The maximum Gasteiger partial charge on any atom is 0.262 e. The van der Waals surface area contributed by atoms with Crippen LogP contribution in [0.4, 0.5) is 0 Å². The molecule has 0 spiro atoms. The van der Waals surface area contributed by atoms with Crippen molar-refractivity contribution in [2.24, 2.45) is 22.7 Å². The number of nitrogens with zero attached hydrogens (tertiary/aromatic N) is 2. The third-order valence-corrected chi connectivity index (χ3v) is 10.6. The Morgan fingerprint density at radius 2 is 1.63 bits per heavy atom. The first kappa shape index (κ1) is 22.0. The van der Waals surface area contributed by atoms with Gasteiger partial charge in [0, 0.05) is 18.7 Å². The highest BCUT2D eigenvalue weighted by Gasteiger charge is 2.52. The second-order valence-electron chi connectivity index (χ2n) is 11.9. The maximum atomic E-state index is 12.6. The fraction of sp³-hybridized carbons (Fsp3) is 0.533. The maximum absolute atomic E-state index is 12.6. The van der Waals surface area contributed by atoms with Crippen LogP contribution in [0.1, 0.15) is 62.5 Å². The van der Waals surface area contributed by atoms with Gasteiger partial charge in [0.1, 0.15) is 5.75 Å². The van der Waals surface area contributed by atoms with Gasteiger partial charge in [0.25, 0.3) is 5.91 Å². The van der Waals surface area contributed by atoms with E-state index in [-0.39, 0.29) is 16.6 Å². The number of thioether (sulfide) groups is 1. The molecule has 5 fully saturated rings. The number of phenolic OH excluding ortho intramolecular Hbond substituents is 1. The predicted molar refractivity (Wildman–Crippen MR) is 142 cm³/mol. The molecule has 4 nitrogen and oxygen atoms in total. The number of hydrogen-bond acceptors (Lipinski definition) is 4. The van der Waals surface area contributed by atoms with Crippen molar-refractivity contribution in [3.63, 3.8) is 0 Å². The number of amidine groups is 1. The third kappa shape index (κ3) is 3.91. The molecule has 4 saturated carbocycles. The Morgan fingerprint density at radius 1 is 0.943 bits per heavy atom. The zero-order valence-electron chi connectivity index (χ0n) is 20.3. The third-order valence-electron chi connectivity index (χ3n) is 9.39. The minimum atomic E-state index is -0.122. The Morgan fingerprint density at radius 3 is 2.34 bits per heavy atom. The van der Waals surface area contributed by atoms with Gasteiger partial charge in [-0.25, -0.2) is 0 Å². The summed E-state index contributed by atoms with van der Waals surface area (Å²) in [6, 6.07) is 14.9. The minimum Gasteiger partial charge on any atom is -0.508 e. The molecule has 4 bridgehead atoms. The molecular weight excluding hydrogens is 452 g/mol. The van der Waals surface area contributed by atoms with Crippen LogP contribution in [0.2, 0.25) is 0 Å². The van der Waals surface area contributed by atoms with Crippen molar-refractivity contribution in [2.75, 3.05) is 13.1 Å². The number of aliphatic imine (C=N–C) groups is 1. The van der Waals surface area contributed by atoms with Gasteiger partial charge in [-0.2, -0.15) is 4.99 Å². The van der Waals surface area contributed by atoms with Gasteiger partial charge in [-0.3, -0.25) is 4.79 Å². The molecule has 182 valence electrons.